The lowest BCUT2D eigenvalue weighted by Gasteiger charge is -2.28. The van der Waals surface area contributed by atoms with Crippen molar-refractivity contribution in [2.24, 2.45) is 10.7 Å². The van der Waals surface area contributed by atoms with E-state index in [1.165, 1.54) is 17.8 Å². The number of benzene rings is 1. The number of fused-ring (bicyclic) bond motifs is 1. The summed E-state index contributed by atoms with van der Waals surface area (Å²) in [5.41, 5.74) is 11.7. The Morgan fingerprint density at radius 3 is 2.73 bits per heavy atom. The molecule has 1 atom stereocenters. The summed E-state index contributed by atoms with van der Waals surface area (Å²) in [5, 5.41) is 1.71. The van der Waals surface area contributed by atoms with Crippen LogP contribution in [-0.2, 0) is 9.84 Å². The van der Waals surface area contributed by atoms with Gasteiger partial charge in [-0.25, -0.2) is 18.8 Å². The minimum atomic E-state index is -3.75. The fourth-order valence-corrected chi connectivity index (χ4v) is 6.10. The van der Waals surface area contributed by atoms with Crippen molar-refractivity contribution >= 4 is 38.9 Å². The fourth-order valence-electron chi connectivity index (χ4n) is 3.14. The lowest BCUT2D eigenvalue weighted by Crippen LogP contribution is -2.37. The second-order valence-corrected chi connectivity index (χ2v) is 9.33. The number of nitrogens with two attached hydrogens (primary N) is 1. The number of hydrogen-bond donors (Lipinski definition) is 2. The molecule has 1 aromatic rings. The van der Waals surface area contributed by atoms with E-state index >= 15 is 0 Å². The number of thioether (sulfide) groups is 1. The first-order valence-electron chi connectivity index (χ1n) is 8.10. The number of nitrogens with zero attached hydrogens (tertiary/aromatic N) is 2. The van der Waals surface area contributed by atoms with Gasteiger partial charge in [-0.15, -0.1) is 11.8 Å². The van der Waals surface area contributed by atoms with Gasteiger partial charge in [0.05, 0.1) is 4.90 Å². The maximum atomic E-state index is 13.3. The maximum absolute atomic E-state index is 13.3. The van der Waals surface area contributed by atoms with Gasteiger partial charge in [0.15, 0.2) is 5.82 Å². The van der Waals surface area contributed by atoms with Crippen molar-refractivity contribution in [2.75, 3.05) is 12.8 Å². The first-order valence-corrected chi connectivity index (χ1v) is 11.3. The number of halogens is 1. The minimum absolute atomic E-state index is 0.164. The van der Waals surface area contributed by atoms with Gasteiger partial charge in [0, 0.05) is 16.4 Å². The molecule has 1 aromatic carbocycles. The van der Waals surface area contributed by atoms with Crippen molar-refractivity contribution in [3.05, 3.63) is 51.3 Å². The van der Waals surface area contributed by atoms with Crippen molar-refractivity contribution < 1.29 is 8.42 Å². The standard InChI is InChI=1S/C17H21ClN4O2S2/c1-10-14(7-8-19)11(2)22-16(20-10)15(17(21-22)25-3)26(23,24)13-6-4-5-12(18)9-13/h4-6,9,17,21H,7-8,19H2,1-3H3. The second-order valence-electron chi connectivity index (χ2n) is 6.03. The summed E-state index contributed by atoms with van der Waals surface area (Å²) in [6.07, 6.45) is 2.55. The first-order chi connectivity index (χ1) is 12.3. The molecule has 3 N–H and O–H groups in total. The second kappa shape index (κ2) is 7.36. The quantitative estimate of drug-likeness (QED) is 0.773. The molecule has 2 aliphatic rings. The van der Waals surface area contributed by atoms with Crippen molar-refractivity contribution in [1.29, 1.82) is 0 Å². The van der Waals surface area contributed by atoms with Crippen LogP contribution in [0.5, 0.6) is 0 Å². The average molecular weight is 413 g/mol. The third kappa shape index (κ3) is 3.20. The van der Waals surface area contributed by atoms with Crippen LogP contribution in [0.25, 0.3) is 0 Å². The monoisotopic (exact) mass is 412 g/mol. The average Bonchev–Trinajstić information content (AvgIpc) is 2.98. The molecule has 0 saturated heterocycles. The molecule has 140 valence electrons. The van der Waals surface area contributed by atoms with Crippen LogP contribution in [0, 0.1) is 0 Å². The lowest BCUT2D eigenvalue weighted by molar-refractivity contribution is 0.337. The molecular formula is C17H21ClN4O2S2. The Kier molecular flexibility index (Phi) is 5.50. The van der Waals surface area contributed by atoms with Gasteiger partial charge in [0.1, 0.15) is 10.3 Å². The molecule has 26 heavy (non-hydrogen) atoms. The summed E-state index contributed by atoms with van der Waals surface area (Å²) >= 11 is 7.42. The van der Waals surface area contributed by atoms with E-state index < -0.39 is 15.2 Å². The number of nitrogens with one attached hydrogen (secondary N) is 1. The van der Waals surface area contributed by atoms with E-state index in [2.05, 4.69) is 10.4 Å². The maximum Gasteiger partial charge on any atom is 0.209 e. The van der Waals surface area contributed by atoms with E-state index in [1.54, 1.807) is 23.2 Å². The number of hydrogen-bond acceptors (Lipinski definition) is 7. The Bertz CT molecular complexity index is 938. The van der Waals surface area contributed by atoms with Gasteiger partial charge in [-0.05, 0) is 56.8 Å². The summed E-state index contributed by atoms with van der Waals surface area (Å²) in [7, 11) is -3.75. The van der Waals surface area contributed by atoms with E-state index in [-0.39, 0.29) is 9.80 Å². The molecule has 0 amide bonds. The van der Waals surface area contributed by atoms with Crippen molar-refractivity contribution in [2.45, 2.75) is 30.5 Å². The summed E-state index contributed by atoms with van der Waals surface area (Å²) < 4.78 is 26.7. The van der Waals surface area contributed by atoms with Crippen LogP contribution >= 0.6 is 23.4 Å². The number of sulfone groups is 1. The molecule has 0 bridgehead atoms. The van der Waals surface area contributed by atoms with Crippen LogP contribution in [0.2, 0.25) is 5.02 Å². The summed E-state index contributed by atoms with van der Waals surface area (Å²) in [6, 6.07) is 6.30. The number of aliphatic imine (C=N–C) groups is 1. The fraction of sp³-hybridized carbons (Fsp3) is 0.353. The van der Waals surface area contributed by atoms with Crippen LogP contribution in [0.15, 0.2) is 56.1 Å². The predicted molar refractivity (Wildman–Crippen MR) is 107 cm³/mol. The van der Waals surface area contributed by atoms with Gasteiger partial charge in [-0.1, -0.05) is 17.7 Å². The van der Waals surface area contributed by atoms with Crippen LogP contribution in [-0.4, -0.2) is 37.3 Å². The molecule has 2 aliphatic heterocycles. The Morgan fingerprint density at radius 1 is 1.38 bits per heavy atom. The van der Waals surface area contributed by atoms with E-state index in [0.717, 1.165) is 17.0 Å². The molecule has 6 nitrogen and oxygen atoms in total. The molecule has 0 fully saturated rings. The zero-order valence-corrected chi connectivity index (χ0v) is 17.2. The van der Waals surface area contributed by atoms with Crippen molar-refractivity contribution in [3.63, 3.8) is 0 Å². The highest BCUT2D eigenvalue weighted by Crippen LogP contribution is 2.39. The molecule has 0 saturated carbocycles. The topological polar surface area (TPSA) is 87.8 Å². The van der Waals surface area contributed by atoms with Gasteiger partial charge in [0.2, 0.25) is 9.84 Å². The predicted octanol–water partition coefficient (Wildman–Crippen LogP) is 2.89. The van der Waals surface area contributed by atoms with Gasteiger partial charge in [-0.3, -0.25) is 5.01 Å². The molecule has 1 unspecified atom stereocenters. The molecule has 9 heteroatoms. The molecule has 0 aromatic heterocycles. The van der Waals surface area contributed by atoms with Gasteiger partial charge < -0.3 is 5.73 Å². The minimum Gasteiger partial charge on any atom is -0.330 e. The van der Waals surface area contributed by atoms with Crippen molar-refractivity contribution in [1.82, 2.24) is 10.4 Å². The number of rotatable bonds is 5. The zero-order valence-electron chi connectivity index (χ0n) is 14.8. The van der Waals surface area contributed by atoms with Gasteiger partial charge in [0.25, 0.3) is 0 Å². The number of allylic oxidation sites excluding steroid dienone is 1. The highest BCUT2D eigenvalue weighted by atomic mass is 35.5. The van der Waals surface area contributed by atoms with Gasteiger partial charge in [-0.2, -0.15) is 0 Å². The van der Waals surface area contributed by atoms with Crippen molar-refractivity contribution in [3.8, 4) is 0 Å². The summed E-state index contributed by atoms with van der Waals surface area (Å²) in [6.45, 7) is 4.34. The molecule has 0 spiro atoms. The molecule has 3 rings (SSSR count). The number of hydrazine groups is 1. The Labute approximate surface area is 163 Å². The lowest BCUT2D eigenvalue weighted by atomic mass is 10.0. The molecule has 0 aliphatic carbocycles. The molecular weight excluding hydrogens is 392 g/mol. The van der Waals surface area contributed by atoms with E-state index in [9.17, 15) is 8.42 Å². The van der Waals surface area contributed by atoms with Crippen LogP contribution in [0.3, 0.4) is 0 Å². The smallest absolute Gasteiger partial charge is 0.209 e. The Hall–Kier alpha value is -1.32. The Morgan fingerprint density at radius 2 is 2.12 bits per heavy atom. The SMILES string of the molecule is CSC1NN2C(C)=C(CCN)C(C)=NC2=C1S(=O)(=O)c1cccc(Cl)c1. The highest BCUT2D eigenvalue weighted by Gasteiger charge is 2.42. The third-order valence-corrected chi connectivity index (χ3v) is 7.49. The third-order valence-electron chi connectivity index (χ3n) is 4.43. The Balaban J connectivity index is 2.18. The summed E-state index contributed by atoms with van der Waals surface area (Å²) in [5.74, 6) is 0.417. The highest BCUT2D eigenvalue weighted by molar-refractivity contribution is 8.02. The van der Waals surface area contributed by atoms with Crippen LogP contribution < -0.4 is 11.2 Å². The molecule has 2 heterocycles. The summed E-state index contributed by atoms with van der Waals surface area (Å²) in [4.78, 5) is 5.02. The van der Waals surface area contributed by atoms with Crippen LogP contribution in [0.1, 0.15) is 20.3 Å². The zero-order chi connectivity index (χ0) is 19.1. The first kappa shape index (κ1) is 19.4. The van der Waals surface area contributed by atoms with E-state index in [4.69, 9.17) is 17.3 Å². The normalized spacial score (nSPS) is 20.6. The molecule has 0 radical (unpaired) electrons. The van der Waals surface area contributed by atoms with Crippen LogP contribution in [0.4, 0.5) is 0 Å². The largest absolute Gasteiger partial charge is 0.330 e. The van der Waals surface area contributed by atoms with E-state index in [1.807, 2.05) is 20.1 Å². The van der Waals surface area contributed by atoms with E-state index in [0.29, 0.717) is 23.8 Å². The van der Waals surface area contributed by atoms with Gasteiger partial charge >= 0.3 is 0 Å².